The molecular weight excluding hydrogens is 230 g/mol. The fourth-order valence-electron chi connectivity index (χ4n) is 1.43. The summed E-state index contributed by atoms with van der Waals surface area (Å²) < 4.78 is 9.97. The Hall–Kier alpha value is -1.55. The summed E-state index contributed by atoms with van der Waals surface area (Å²) in [4.78, 5) is 11.4. The SMILES string of the molecule is CCCCc1ccc(OC(=O)OC(C)NC)cc1. The summed E-state index contributed by atoms with van der Waals surface area (Å²) >= 11 is 0. The number of carbonyl (C=O) groups excluding carboxylic acids is 1. The average Bonchev–Trinajstić information content (AvgIpc) is 2.37. The second kappa shape index (κ2) is 7.71. The summed E-state index contributed by atoms with van der Waals surface area (Å²) in [5, 5.41) is 2.79. The molecule has 0 heterocycles. The molecule has 0 aliphatic heterocycles. The van der Waals surface area contributed by atoms with Crippen LogP contribution in [0.3, 0.4) is 0 Å². The molecule has 0 saturated heterocycles. The van der Waals surface area contributed by atoms with Crippen molar-refractivity contribution in [1.82, 2.24) is 5.32 Å². The molecule has 0 spiro atoms. The van der Waals surface area contributed by atoms with Crippen LogP contribution in [0.25, 0.3) is 0 Å². The lowest BCUT2D eigenvalue weighted by atomic mass is 10.1. The molecule has 18 heavy (non-hydrogen) atoms. The van der Waals surface area contributed by atoms with E-state index in [2.05, 4.69) is 12.2 Å². The Kier molecular flexibility index (Phi) is 6.22. The van der Waals surface area contributed by atoms with Crippen molar-refractivity contribution in [2.75, 3.05) is 7.05 Å². The Morgan fingerprint density at radius 3 is 2.56 bits per heavy atom. The van der Waals surface area contributed by atoms with Crippen LogP contribution in [0.2, 0.25) is 0 Å². The molecule has 1 rings (SSSR count). The molecule has 0 radical (unpaired) electrons. The third kappa shape index (κ3) is 5.19. The molecule has 1 unspecified atom stereocenters. The first kappa shape index (κ1) is 14.5. The first-order valence-electron chi connectivity index (χ1n) is 6.30. The molecule has 0 fully saturated rings. The monoisotopic (exact) mass is 251 g/mol. The van der Waals surface area contributed by atoms with Crippen LogP contribution in [0.15, 0.2) is 24.3 Å². The molecule has 1 atom stereocenters. The van der Waals surface area contributed by atoms with Gasteiger partial charge in [0.1, 0.15) is 5.75 Å². The predicted octanol–water partition coefficient (Wildman–Crippen LogP) is 3.11. The van der Waals surface area contributed by atoms with E-state index >= 15 is 0 Å². The van der Waals surface area contributed by atoms with Gasteiger partial charge in [-0.3, -0.25) is 5.32 Å². The molecule has 0 bridgehead atoms. The summed E-state index contributed by atoms with van der Waals surface area (Å²) in [6.07, 6.45) is 2.34. The lowest BCUT2D eigenvalue weighted by molar-refractivity contribution is 0.0551. The fourth-order valence-corrected chi connectivity index (χ4v) is 1.43. The Morgan fingerprint density at radius 1 is 1.33 bits per heavy atom. The molecule has 4 heteroatoms. The van der Waals surface area contributed by atoms with Crippen LogP contribution < -0.4 is 10.1 Å². The zero-order valence-electron chi connectivity index (χ0n) is 11.2. The van der Waals surface area contributed by atoms with E-state index in [4.69, 9.17) is 9.47 Å². The maximum Gasteiger partial charge on any atom is 0.515 e. The number of unbranched alkanes of at least 4 members (excludes halogenated alkanes) is 1. The van der Waals surface area contributed by atoms with Crippen LogP contribution >= 0.6 is 0 Å². The standard InChI is InChI=1S/C14H21NO3/c1-4-5-6-12-7-9-13(10-8-12)18-14(16)17-11(2)15-3/h7-11,15H,4-6H2,1-3H3. The van der Waals surface area contributed by atoms with Crippen LogP contribution in [-0.4, -0.2) is 19.4 Å². The number of benzene rings is 1. The van der Waals surface area contributed by atoms with Crippen LogP contribution in [0.5, 0.6) is 5.75 Å². The molecule has 0 aromatic heterocycles. The molecule has 0 aliphatic carbocycles. The van der Waals surface area contributed by atoms with E-state index < -0.39 is 6.16 Å². The molecule has 100 valence electrons. The summed E-state index contributed by atoms with van der Waals surface area (Å²) in [6, 6.07) is 7.52. The van der Waals surface area contributed by atoms with Gasteiger partial charge in [-0.1, -0.05) is 25.5 Å². The first-order chi connectivity index (χ1) is 8.65. The van der Waals surface area contributed by atoms with Gasteiger partial charge >= 0.3 is 6.16 Å². The van der Waals surface area contributed by atoms with E-state index in [0.29, 0.717) is 5.75 Å². The van der Waals surface area contributed by atoms with E-state index in [9.17, 15) is 4.79 Å². The Bertz CT molecular complexity index is 362. The maximum absolute atomic E-state index is 11.4. The molecule has 1 N–H and O–H groups in total. The summed E-state index contributed by atoms with van der Waals surface area (Å²) in [7, 11) is 1.71. The quantitative estimate of drug-likeness (QED) is 0.479. The summed E-state index contributed by atoms with van der Waals surface area (Å²) in [6.45, 7) is 3.89. The van der Waals surface area contributed by atoms with Crippen molar-refractivity contribution in [3.05, 3.63) is 29.8 Å². The summed E-state index contributed by atoms with van der Waals surface area (Å²) in [5.41, 5.74) is 1.25. The molecule has 0 aliphatic rings. The normalized spacial score (nSPS) is 11.9. The minimum absolute atomic E-state index is 0.360. The Morgan fingerprint density at radius 2 is 2.00 bits per heavy atom. The van der Waals surface area contributed by atoms with E-state index in [0.717, 1.165) is 6.42 Å². The smallest absolute Gasteiger partial charge is 0.415 e. The van der Waals surface area contributed by atoms with Gasteiger partial charge in [0.25, 0.3) is 0 Å². The highest BCUT2D eigenvalue weighted by Crippen LogP contribution is 2.14. The highest BCUT2D eigenvalue weighted by molar-refractivity contribution is 5.63. The maximum atomic E-state index is 11.4. The molecule has 1 aromatic carbocycles. The Balaban J connectivity index is 2.45. The van der Waals surface area contributed by atoms with Gasteiger partial charge < -0.3 is 9.47 Å². The van der Waals surface area contributed by atoms with Crippen molar-refractivity contribution >= 4 is 6.16 Å². The van der Waals surface area contributed by atoms with E-state index in [1.54, 1.807) is 26.1 Å². The van der Waals surface area contributed by atoms with Crippen molar-refractivity contribution in [3.63, 3.8) is 0 Å². The number of aryl methyl sites for hydroxylation is 1. The highest BCUT2D eigenvalue weighted by atomic mass is 16.7. The fraction of sp³-hybridized carbons (Fsp3) is 0.500. The van der Waals surface area contributed by atoms with Gasteiger partial charge in [-0.2, -0.15) is 0 Å². The van der Waals surface area contributed by atoms with Gasteiger partial charge in [0.05, 0.1) is 0 Å². The minimum atomic E-state index is -0.696. The van der Waals surface area contributed by atoms with Gasteiger partial charge in [-0.25, -0.2) is 4.79 Å². The third-order valence-electron chi connectivity index (χ3n) is 2.62. The molecular formula is C14H21NO3. The number of rotatable bonds is 6. The van der Waals surface area contributed by atoms with Crippen LogP contribution in [0.1, 0.15) is 32.3 Å². The lowest BCUT2D eigenvalue weighted by Gasteiger charge is -2.11. The van der Waals surface area contributed by atoms with Crippen molar-refractivity contribution in [1.29, 1.82) is 0 Å². The van der Waals surface area contributed by atoms with Gasteiger partial charge in [0.15, 0.2) is 6.23 Å². The molecule has 4 nitrogen and oxygen atoms in total. The average molecular weight is 251 g/mol. The molecule has 0 saturated carbocycles. The van der Waals surface area contributed by atoms with Crippen LogP contribution in [-0.2, 0) is 11.2 Å². The number of hydrogen-bond acceptors (Lipinski definition) is 4. The van der Waals surface area contributed by atoms with Gasteiger partial charge in [0.2, 0.25) is 0 Å². The highest BCUT2D eigenvalue weighted by Gasteiger charge is 2.09. The number of hydrogen-bond donors (Lipinski definition) is 1. The van der Waals surface area contributed by atoms with Crippen molar-refractivity contribution < 1.29 is 14.3 Å². The van der Waals surface area contributed by atoms with Crippen LogP contribution in [0.4, 0.5) is 4.79 Å². The summed E-state index contributed by atoms with van der Waals surface area (Å²) in [5.74, 6) is 0.503. The second-order valence-corrected chi connectivity index (χ2v) is 4.15. The van der Waals surface area contributed by atoms with Crippen LogP contribution in [0, 0.1) is 0 Å². The molecule has 0 amide bonds. The lowest BCUT2D eigenvalue weighted by Crippen LogP contribution is -2.28. The van der Waals surface area contributed by atoms with E-state index in [1.165, 1.54) is 18.4 Å². The van der Waals surface area contributed by atoms with E-state index in [1.807, 2.05) is 12.1 Å². The van der Waals surface area contributed by atoms with Gasteiger partial charge in [-0.15, -0.1) is 0 Å². The second-order valence-electron chi connectivity index (χ2n) is 4.15. The topological polar surface area (TPSA) is 47.6 Å². The first-order valence-corrected chi connectivity index (χ1v) is 6.30. The van der Waals surface area contributed by atoms with Gasteiger partial charge in [-0.05, 0) is 44.5 Å². The third-order valence-corrected chi connectivity index (χ3v) is 2.62. The number of ether oxygens (including phenoxy) is 2. The van der Waals surface area contributed by atoms with E-state index in [-0.39, 0.29) is 6.23 Å². The zero-order valence-corrected chi connectivity index (χ0v) is 11.2. The largest absolute Gasteiger partial charge is 0.515 e. The van der Waals surface area contributed by atoms with Gasteiger partial charge in [0, 0.05) is 0 Å². The van der Waals surface area contributed by atoms with Crippen molar-refractivity contribution in [2.24, 2.45) is 0 Å². The zero-order chi connectivity index (χ0) is 13.4. The predicted molar refractivity (Wildman–Crippen MR) is 70.7 cm³/mol. The minimum Gasteiger partial charge on any atom is -0.415 e. The molecule has 1 aromatic rings. The Labute approximate surface area is 108 Å². The number of nitrogens with one attached hydrogen (secondary N) is 1. The van der Waals surface area contributed by atoms with Crippen molar-refractivity contribution in [2.45, 2.75) is 39.3 Å². The van der Waals surface area contributed by atoms with Crippen molar-refractivity contribution in [3.8, 4) is 5.75 Å². The number of carbonyl (C=O) groups is 1.